The van der Waals surface area contributed by atoms with Crippen LogP contribution in [0.25, 0.3) is 5.69 Å². The third-order valence-electron chi connectivity index (χ3n) is 3.36. The van der Waals surface area contributed by atoms with Crippen LogP contribution in [0.4, 0.5) is 5.82 Å². The molecule has 0 radical (unpaired) electrons. The molecule has 0 atom stereocenters. The molecule has 0 bridgehead atoms. The topological polar surface area (TPSA) is 72.7 Å². The van der Waals surface area contributed by atoms with E-state index >= 15 is 0 Å². The number of hydrogen-bond acceptors (Lipinski definition) is 4. The number of anilines is 1. The number of benzene rings is 1. The number of hydrogen-bond donors (Lipinski definition) is 1. The van der Waals surface area contributed by atoms with Crippen molar-refractivity contribution in [3.8, 4) is 5.69 Å². The zero-order chi connectivity index (χ0) is 15.5. The van der Waals surface area contributed by atoms with Gasteiger partial charge in [0.25, 0.3) is 5.91 Å². The van der Waals surface area contributed by atoms with Gasteiger partial charge in [-0.3, -0.25) is 4.79 Å². The molecule has 1 N–H and O–H groups in total. The van der Waals surface area contributed by atoms with Crippen LogP contribution in [0.5, 0.6) is 0 Å². The van der Waals surface area contributed by atoms with Crippen molar-refractivity contribution in [2.45, 2.75) is 13.8 Å². The molecule has 0 spiro atoms. The van der Waals surface area contributed by atoms with Crippen LogP contribution in [-0.4, -0.2) is 25.9 Å². The molecule has 3 rings (SSSR count). The van der Waals surface area contributed by atoms with Gasteiger partial charge in [-0.1, -0.05) is 29.5 Å². The van der Waals surface area contributed by atoms with Crippen LogP contribution >= 0.6 is 0 Å². The minimum Gasteiger partial charge on any atom is -0.305 e. The Labute approximate surface area is 127 Å². The molecule has 1 amide bonds. The van der Waals surface area contributed by atoms with Crippen LogP contribution < -0.4 is 5.32 Å². The predicted octanol–water partition coefficient (Wildman–Crippen LogP) is 2.53. The van der Waals surface area contributed by atoms with Crippen LogP contribution in [0.3, 0.4) is 0 Å². The molecule has 3 aromatic rings. The van der Waals surface area contributed by atoms with Crippen molar-refractivity contribution in [1.82, 2.24) is 20.0 Å². The largest absolute Gasteiger partial charge is 0.305 e. The molecule has 6 heteroatoms. The zero-order valence-electron chi connectivity index (χ0n) is 12.3. The first-order valence-electron chi connectivity index (χ1n) is 6.87. The van der Waals surface area contributed by atoms with E-state index < -0.39 is 0 Å². The van der Waals surface area contributed by atoms with Gasteiger partial charge in [0, 0.05) is 6.20 Å². The standard InChI is InChI=1S/C16H15N5O/c1-11-7-3-4-8-13(11)21-12(2)15(19-20-21)16(22)18-14-9-5-6-10-17-14/h3-10H,1-2H3,(H,17,18,22). The van der Waals surface area contributed by atoms with Crippen LogP contribution in [0.15, 0.2) is 48.7 Å². The predicted molar refractivity (Wildman–Crippen MR) is 83.0 cm³/mol. The average molecular weight is 293 g/mol. The Morgan fingerprint density at radius 3 is 2.59 bits per heavy atom. The Balaban J connectivity index is 1.91. The molecule has 0 aliphatic rings. The lowest BCUT2D eigenvalue weighted by Crippen LogP contribution is -2.15. The Kier molecular flexibility index (Phi) is 3.65. The third kappa shape index (κ3) is 2.58. The van der Waals surface area contributed by atoms with Crippen molar-refractivity contribution in [2.75, 3.05) is 5.32 Å². The second-order valence-corrected chi connectivity index (χ2v) is 4.89. The summed E-state index contributed by atoms with van der Waals surface area (Å²) in [6.45, 7) is 3.81. The van der Waals surface area contributed by atoms with Crippen LogP contribution in [0.1, 0.15) is 21.7 Å². The lowest BCUT2D eigenvalue weighted by molar-refractivity contribution is 0.102. The SMILES string of the molecule is Cc1ccccc1-n1nnc(C(=O)Nc2ccccn2)c1C. The molecule has 0 fully saturated rings. The van der Waals surface area contributed by atoms with Crippen molar-refractivity contribution < 1.29 is 4.79 Å². The molecule has 0 aliphatic heterocycles. The summed E-state index contributed by atoms with van der Waals surface area (Å²) in [5.41, 5.74) is 2.94. The first kappa shape index (κ1) is 13.9. The molecule has 0 unspecified atom stereocenters. The van der Waals surface area contributed by atoms with E-state index in [1.54, 1.807) is 29.1 Å². The minimum atomic E-state index is -0.323. The van der Waals surface area contributed by atoms with Gasteiger partial charge in [-0.25, -0.2) is 9.67 Å². The lowest BCUT2D eigenvalue weighted by atomic mass is 10.2. The Bertz CT molecular complexity index is 810. The number of carbonyl (C=O) groups is 1. The summed E-state index contributed by atoms with van der Waals surface area (Å²) in [4.78, 5) is 16.4. The molecule has 0 saturated carbocycles. The van der Waals surface area contributed by atoms with E-state index in [2.05, 4.69) is 20.6 Å². The number of amides is 1. The molecule has 1 aromatic carbocycles. The van der Waals surface area contributed by atoms with E-state index in [9.17, 15) is 4.79 Å². The third-order valence-corrected chi connectivity index (χ3v) is 3.36. The quantitative estimate of drug-likeness (QED) is 0.805. The van der Waals surface area contributed by atoms with Crippen LogP contribution in [0.2, 0.25) is 0 Å². The molecule has 2 aromatic heterocycles. The van der Waals surface area contributed by atoms with E-state index in [1.807, 2.05) is 38.1 Å². The summed E-state index contributed by atoms with van der Waals surface area (Å²) < 4.78 is 1.67. The maximum Gasteiger partial charge on any atom is 0.279 e. The van der Waals surface area contributed by atoms with E-state index in [0.29, 0.717) is 11.5 Å². The summed E-state index contributed by atoms with van der Waals surface area (Å²) >= 11 is 0. The fraction of sp³-hybridized carbons (Fsp3) is 0.125. The summed E-state index contributed by atoms with van der Waals surface area (Å²) in [6.07, 6.45) is 1.62. The highest BCUT2D eigenvalue weighted by Gasteiger charge is 2.18. The zero-order valence-corrected chi connectivity index (χ0v) is 12.3. The molecule has 0 saturated heterocycles. The highest BCUT2D eigenvalue weighted by Crippen LogP contribution is 2.16. The number of aryl methyl sites for hydroxylation is 1. The van der Waals surface area contributed by atoms with E-state index in [4.69, 9.17) is 0 Å². The first-order chi connectivity index (χ1) is 10.7. The fourth-order valence-corrected chi connectivity index (χ4v) is 2.18. The number of para-hydroxylation sites is 1. The summed E-state index contributed by atoms with van der Waals surface area (Å²) in [5.74, 6) is 0.161. The molecule has 2 heterocycles. The average Bonchev–Trinajstić information content (AvgIpc) is 2.90. The van der Waals surface area contributed by atoms with Crippen molar-refractivity contribution in [3.05, 3.63) is 65.6 Å². The van der Waals surface area contributed by atoms with Gasteiger partial charge in [0.05, 0.1) is 11.4 Å². The molecule has 0 aliphatic carbocycles. The highest BCUT2D eigenvalue weighted by molar-refractivity contribution is 6.03. The maximum atomic E-state index is 12.3. The molecular formula is C16H15N5O. The van der Waals surface area contributed by atoms with Crippen molar-refractivity contribution in [3.63, 3.8) is 0 Å². The van der Waals surface area contributed by atoms with Gasteiger partial charge in [0.2, 0.25) is 0 Å². The van der Waals surface area contributed by atoms with Crippen LogP contribution in [-0.2, 0) is 0 Å². The number of rotatable bonds is 3. The number of nitrogens with one attached hydrogen (secondary N) is 1. The van der Waals surface area contributed by atoms with Gasteiger partial charge >= 0.3 is 0 Å². The van der Waals surface area contributed by atoms with Gasteiger partial charge in [0.1, 0.15) is 5.82 Å². The van der Waals surface area contributed by atoms with Crippen molar-refractivity contribution in [1.29, 1.82) is 0 Å². The lowest BCUT2D eigenvalue weighted by Gasteiger charge is -2.07. The summed E-state index contributed by atoms with van der Waals surface area (Å²) in [5, 5.41) is 10.8. The van der Waals surface area contributed by atoms with Gasteiger partial charge < -0.3 is 5.32 Å². The van der Waals surface area contributed by atoms with Gasteiger partial charge in [-0.15, -0.1) is 5.10 Å². The summed E-state index contributed by atoms with van der Waals surface area (Å²) in [6, 6.07) is 13.1. The van der Waals surface area contributed by atoms with Crippen LogP contribution in [0, 0.1) is 13.8 Å². The van der Waals surface area contributed by atoms with E-state index in [1.165, 1.54) is 0 Å². The summed E-state index contributed by atoms with van der Waals surface area (Å²) in [7, 11) is 0. The van der Waals surface area contributed by atoms with Crippen molar-refractivity contribution >= 4 is 11.7 Å². The van der Waals surface area contributed by atoms with E-state index in [0.717, 1.165) is 11.3 Å². The van der Waals surface area contributed by atoms with Gasteiger partial charge in [0.15, 0.2) is 5.69 Å². The molecule has 110 valence electrons. The second kappa shape index (κ2) is 5.77. The van der Waals surface area contributed by atoms with Gasteiger partial charge in [-0.05, 0) is 37.6 Å². The minimum absolute atomic E-state index is 0.286. The van der Waals surface area contributed by atoms with Gasteiger partial charge in [-0.2, -0.15) is 0 Å². The normalized spacial score (nSPS) is 10.5. The first-order valence-corrected chi connectivity index (χ1v) is 6.87. The molecular weight excluding hydrogens is 278 g/mol. The van der Waals surface area contributed by atoms with E-state index in [-0.39, 0.29) is 11.6 Å². The monoisotopic (exact) mass is 293 g/mol. The Morgan fingerprint density at radius 1 is 1.09 bits per heavy atom. The fourth-order valence-electron chi connectivity index (χ4n) is 2.18. The number of pyridine rings is 1. The highest BCUT2D eigenvalue weighted by atomic mass is 16.2. The Morgan fingerprint density at radius 2 is 1.86 bits per heavy atom. The molecule has 6 nitrogen and oxygen atoms in total. The number of aromatic nitrogens is 4. The smallest absolute Gasteiger partial charge is 0.279 e. The number of nitrogens with zero attached hydrogens (tertiary/aromatic N) is 4. The van der Waals surface area contributed by atoms with Crippen molar-refractivity contribution in [2.24, 2.45) is 0 Å². The molecule has 22 heavy (non-hydrogen) atoms. The number of carbonyl (C=O) groups excluding carboxylic acids is 1. The second-order valence-electron chi connectivity index (χ2n) is 4.89. The Hall–Kier alpha value is -3.02. The maximum absolute atomic E-state index is 12.3.